The first-order valence-corrected chi connectivity index (χ1v) is 8.58. The summed E-state index contributed by atoms with van der Waals surface area (Å²) in [7, 11) is 0. The van der Waals surface area contributed by atoms with Crippen molar-refractivity contribution in [3.8, 4) is 0 Å². The molecule has 3 aromatic rings. The molecular formula is C22H18F2N2O2. The molecule has 6 heteroatoms. The molecular weight excluding hydrogens is 362 g/mol. The van der Waals surface area contributed by atoms with Crippen LogP contribution in [0.2, 0.25) is 0 Å². The number of halogens is 2. The normalized spacial score (nSPS) is 10.4. The van der Waals surface area contributed by atoms with E-state index in [-0.39, 0.29) is 22.7 Å². The molecule has 0 saturated heterocycles. The summed E-state index contributed by atoms with van der Waals surface area (Å²) in [6.07, 6.45) is 0. The van der Waals surface area contributed by atoms with Gasteiger partial charge < -0.3 is 10.6 Å². The smallest absolute Gasteiger partial charge is 0.255 e. The van der Waals surface area contributed by atoms with Gasteiger partial charge in [0.15, 0.2) is 0 Å². The molecule has 0 fully saturated rings. The lowest BCUT2D eigenvalue weighted by Crippen LogP contribution is -2.16. The van der Waals surface area contributed by atoms with Crippen LogP contribution >= 0.6 is 0 Å². The van der Waals surface area contributed by atoms with Crippen LogP contribution in [0.4, 0.5) is 20.2 Å². The molecule has 0 aliphatic carbocycles. The molecule has 142 valence electrons. The predicted octanol–water partition coefficient (Wildman–Crippen LogP) is 5.09. The Kier molecular flexibility index (Phi) is 5.49. The van der Waals surface area contributed by atoms with E-state index in [0.717, 1.165) is 23.3 Å². The number of carbonyl (C=O) groups excluding carboxylic acids is 2. The van der Waals surface area contributed by atoms with Gasteiger partial charge in [0.2, 0.25) is 0 Å². The zero-order valence-electron chi connectivity index (χ0n) is 15.3. The van der Waals surface area contributed by atoms with E-state index in [9.17, 15) is 18.4 Å². The lowest BCUT2D eigenvalue weighted by molar-refractivity contribution is 0.102. The van der Waals surface area contributed by atoms with Crippen molar-refractivity contribution in [3.63, 3.8) is 0 Å². The van der Waals surface area contributed by atoms with E-state index < -0.39 is 17.5 Å². The fourth-order valence-corrected chi connectivity index (χ4v) is 2.65. The Balaban J connectivity index is 1.78. The van der Waals surface area contributed by atoms with Crippen molar-refractivity contribution in [1.29, 1.82) is 0 Å². The van der Waals surface area contributed by atoms with E-state index in [2.05, 4.69) is 10.6 Å². The summed E-state index contributed by atoms with van der Waals surface area (Å²) in [4.78, 5) is 24.9. The number of nitrogens with one attached hydrogen (secondary N) is 2. The number of carbonyl (C=O) groups is 2. The molecule has 2 N–H and O–H groups in total. The van der Waals surface area contributed by atoms with Crippen molar-refractivity contribution in [1.82, 2.24) is 0 Å². The van der Waals surface area contributed by atoms with Crippen molar-refractivity contribution >= 4 is 23.2 Å². The minimum Gasteiger partial charge on any atom is -0.322 e. The molecule has 0 aliphatic rings. The summed E-state index contributed by atoms with van der Waals surface area (Å²) >= 11 is 0. The molecule has 0 bridgehead atoms. The van der Waals surface area contributed by atoms with E-state index in [1.807, 2.05) is 32.0 Å². The average molecular weight is 380 g/mol. The van der Waals surface area contributed by atoms with Gasteiger partial charge in [0.1, 0.15) is 11.6 Å². The van der Waals surface area contributed by atoms with Crippen LogP contribution in [0.25, 0.3) is 0 Å². The lowest BCUT2D eigenvalue weighted by atomic mass is 10.1. The lowest BCUT2D eigenvalue weighted by Gasteiger charge is -2.11. The zero-order valence-corrected chi connectivity index (χ0v) is 15.3. The number of anilines is 2. The third-order valence-corrected chi connectivity index (χ3v) is 4.21. The molecule has 0 aromatic heterocycles. The monoisotopic (exact) mass is 380 g/mol. The van der Waals surface area contributed by atoms with Crippen LogP contribution in [0.1, 0.15) is 31.8 Å². The van der Waals surface area contributed by atoms with Crippen LogP contribution in [-0.2, 0) is 0 Å². The molecule has 4 nitrogen and oxygen atoms in total. The van der Waals surface area contributed by atoms with Crippen LogP contribution in [0, 0.1) is 25.5 Å². The van der Waals surface area contributed by atoms with Gasteiger partial charge >= 0.3 is 0 Å². The minimum absolute atomic E-state index is 0.142. The Morgan fingerprint density at radius 3 is 2.04 bits per heavy atom. The van der Waals surface area contributed by atoms with Gasteiger partial charge in [-0.3, -0.25) is 9.59 Å². The highest BCUT2D eigenvalue weighted by molar-refractivity contribution is 6.09. The molecule has 0 radical (unpaired) electrons. The Hall–Kier alpha value is -3.54. The maximum Gasteiger partial charge on any atom is 0.255 e. The Morgan fingerprint density at radius 1 is 0.750 bits per heavy atom. The third-order valence-electron chi connectivity index (χ3n) is 4.21. The van der Waals surface area contributed by atoms with Gasteiger partial charge in [-0.2, -0.15) is 0 Å². The Morgan fingerprint density at radius 2 is 1.39 bits per heavy atom. The Labute approximate surface area is 161 Å². The summed E-state index contributed by atoms with van der Waals surface area (Å²) in [5, 5.41) is 5.20. The molecule has 0 unspecified atom stereocenters. The van der Waals surface area contributed by atoms with E-state index in [1.165, 1.54) is 12.1 Å². The van der Waals surface area contributed by atoms with Gasteiger partial charge in [-0.1, -0.05) is 18.2 Å². The van der Waals surface area contributed by atoms with E-state index in [4.69, 9.17) is 0 Å². The number of aryl methyl sites for hydroxylation is 2. The number of amides is 2. The Bertz CT molecular complexity index is 1060. The minimum atomic E-state index is -0.878. The predicted molar refractivity (Wildman–Crippen MR) is 105 cm³/mol. The van der Waals surface area contributed by atoms with Gasteiger partial charge in [-0.25, -0.2) is 8.78 Å². The topological polar surface area (TPSA) is 58.2 Å². The molecule has 0 aliphatic heterocycles. The fraction of sp³-hybridized carbons (Fsp3) is 0.0909. The highest BCUT2D eigenvalue weighted by Gasteiger charge is 2.14. The summed E-state index contributed by atoms with van der Waals surface area (Å²) in [6, 6.07) is 14.7. The first-order valence-electron chi connectivity index (χ1n) is 8.58. The molecule has 28 heavy (non-hydrogen) atoms. The second kappa shape index (κ2) is 8.00. The van der Waals surface area contributed by atoms with Crippen LogP contribution in [-0.4, -0.2) is 11.8 Å². The average Bonchev–Trinajstić information content (AvgIpc) is 2.67. The highest BCUT2D eigenvalue weighted by Crippen LogP contribution is 2.19. The molecule has 3 aromatic carbocycles. The fourth-order valence-electron chi connectivity index (χ4n) is 2.65. The van der Waals surface area contributed by atoms with Gasteiger partial charge in [-0.15, -0.1) is 0 Å². The number of hydrogen-bond donors (Lipinski definition) is 2. The second-order valence-electron chi connectivity index (χ2n) is 6.43. The maximum absolute atomic E-state index is 13.7. The van der Waals surface area contributed by atoms with Crippen LogP contribution in [0.3, 0.4) is 0 Å². The molecule has 0 spiro atoms. The number of hydrogen-bond acceptors (Lipinski definition) is 2. The van der Waals surface area contributed by atoms with E-state index in [1.54, 1.807) is 12.1 Å². The van der Waals surface area contributed by atoms with Crippen LogP contribution in [0.5, 0.6) is 0 Å². The largest absolute Gasteiger partial charge is 0.322 e. The van der Waals surface area contributed by atoms with Crippen LogP contribution < -0.4 is 10.6 Å². The first kappa shape index (κ1) is 19.2. The van der Waals surface area contributed by atoms with Gasteiger partial charge in [-0.05, 0) is 61.4 Å². The van der Waals surface area contributed by atoms with Gasteiger partial charge in [0, 0.05) is 22.9 Å². The molecule has 0 saturated carbocycles. The quantitative estimate of drug-likeness (QED) is 0.663. The highest BCUT2D eigenvalue weighted by atomic mass is 19.1. The summed E-state index contributed by atoms with van der Waals surface area (Å²) in [5.74, 6) is -2.58. The SMILES string of the molecule is Cc1ccc(C)c(NC(=O)c2cccc(C(=O)Nc3ccc(F)cc3F)c2)c1. The number of rotatable bonds is 4. The van der Waals surface area contributed by atoms with Crippen molar-refractivity contribution in [2.45, 2.75) is 13.8 Å². The third kappa shape index (κ3) is 4.40. The molecule has 2 amide bonds. The van der Waals surface area contributed by atoms with Gasteiger partial charge in [0.05, 0.1) is 5.69 Å². The second-order valence-corrected chi connectivity index (χ2v) is 6.43. The van der Waals surface area contributed by atoms with E-state index in [0.29, 0.717) is 11.8 Å². The van der Waals surface area contributed by atoms with Crippen molar-refractivity contribution < 1.29 is 18.4 Å². The molecule has 0 heterocycles. The van der Waals surface area contributed by atoms with E-state index >= 15 is 0 Å². The van der Waals surface area contributed by atoms with Gasteiger partial charge in [0.25, 0.3) is 11.8 Å². The van der Waals surface area contributed by atoms with Crippen molar-refractivity contribution in [2.24, 2.45) is 0 Å². The standard InChI is InChI=1S/C22H18F2N2O2/c1-13-6-7-14(2)20(10-13)26-22(28)16-5-3-4-15(11-16)21(27)25-19-9-8-17(23)12-18(19)24/h3-12H,1-2H3,(H,25,27)(H,26,28). The van der Waals surface area contributed by atoms with Crippen LogP contribution in [0.15, 0.2) is 60.7 Å². The number of benzene rings is 3. The zero-order chi connectivity index (χ0) is 20.3. The molecule has 3 rings (SSSR count). The molecule has 0 atom stereocenters. The summed E-state index contributed by atoms with van der Waals surface area (Å²) < 4.78 is 26.7. The van der Waals surface area contributed by atoms with Crippen molar-refractivity contribution in [3.05, 3.63) is 94.6 Å². The summed E-state index contributed by atoms with van der Waals surface area (Å²) in [5.41, 5.74) is 2.94. The first-order chi connectivity index (χ1) is 13.3. The van der Waals surface area contributed by atoms with Crippen molar-refractivity contribution in [2.75, 3.05) is 10.6 Å². The summed E-state index contributed by atoms with van der Waals surface area (Å²) in [6.45, 7) is 3.81. The maximum atomic E-state index is 13.7.